The highest BCUT2D eigenvalue weighted by atomic mass is 35.5. The van der Waals surface area contributed by atoms with Gasteiger partial charge in [-0.1, -0.05) is 52.9 Å². The van der Waals surface area contributed by atoms with Gasteiger partial charge in [0.1, 0.15) is 13.4 Å². The molecular weight excluding hydrogens is 370 g/mol. The molecule has 0 unspecified atom stereocenters. The molecule has 0 N–H and O–H groups in total. The maximum absolute atomic E-state index is 13.4. The van der Waals surface area contributed by atoms with Gasteiger partial charge in [-0.25, -0.2) is 9.69 Å². The molecule has 2 aromatic carbocycles. The van der Waals surface area contributed by atoms with E-state index in [0.29, 0.717) is 27.6 Å². The summed E-state index contributed by atoms with van der Waals surface area (Å²) in [5, 5.41) is 0.751. The van der Waals surface area contributed by atoms with Gasteiger partial charge in [0.05, 0.1) is 5.69 Å². The van der Waals surface area contributed by atoms with Gasteiger partial charge in [-0.15, -0.1) is 0 Å². The molecular formula is C19H15BCl2N2O2. The number of imide groups is 1. The summed E-state index contributed by atoms with van der Waals surface area (Å²) in [7, 11) is 7.45. The van der Waals surface area contributed by atoms with Crippen molar-refractivity contribution in [2.45, 2.75) is 24.3 Å². The Morgan fingerprint density at radius 1 is 1.08 bits per heavy atom. The van der Waals surface area contributed by atoms with Crippen LogP contribution in [0.25, 0.3) is 0 Å². The molecule has 2 atom stereocenters. The highest BCUT2D eigenvalue weighted by Crippen LogP contribution is 2.54. The number of likely N-dealkylation sites (N-methyl/N-ethyl adjacent to an activating group) is 1. The van der Waals surface area contributed by atoms with Crippen LogP contribution in [0.5, 0.6) is 0 Å². The third-order valence-electron chi connectivity index (χ3n) is 5.49. The van der Waals surface area contributed by atoms with Crippen molar-refractivity contribution < 1.29 is 9.59 Å². The first-order valence-electron chi connectivity index (χ1n) is 8.28. The van der Waals surface area contributed by atoms with Crippen LogP contribution in [0.2, 0.25) is 10.0 Å². The number of hydrogen-bond donors (Lipinski definition) is 0. The third-order valence-corrected chi connectivity index (χ3v) is 5.92. The lowest BCUT2D eigenvalue weighted by Gasteiger charge is -2.48. The lowest BCUT2D eigenvalue weighted by molar-refractivity contribution is -0.130. The highest BCUT2D eigenvalue weighted by Gasteiger charge is 2.64. The predicted molar refractivity (Wildman–Crippen MR) is 104 cm³/mol. The molecule has 0 aromatic heterocycles. The van der Waals surface area contributed by atoms with Crippen molar-refractivity contribution in [2.75, 3.05) is 11.9 Å². The number of carbonyl (C=O) groups is 2. The number of nitrogens with zero attached hydrogens (tertiary/aromatic N) is 2. The van der Waals surface area contributed by atoms with E-state index in [0.717, 1.165) is 12.0 Å². The van der Waals surface area contributed by atoms with Crippen molar-refractivity contribution in [2.24, 2.45) is 0 Å². The summed E-state index contributed by atoms with van der Waals surface area (Å²) in [5.41, 5.74) is 1.19. The van der Waals surface area contributed by atoms with Gasteiger partial charge in [0.15, 0.2) is 0 Å². The molecule has 7 heteroatoms. The molecule has 130 valence electrons. The molecule has 1 heterocycles. The molecule has 0 bridgehead atoms. The second-order valence-corrected chi connectivity index (χ2v) is 7.66. The zero-order valence-electron chi connectivity index (χ0n) is 14.1. The van der Waals surface area contributed by atoms with E-state index < -0.39 is 5.54 Å². The molecule has 1 saturated heterocycles. The van der Waals surface area contributed by atoms with Crippen LogP contribution >= 0.6 is 23.2 Å². The fraction of sp³-hybridized carbons (Fsp3) is 0.263. The summed E-state index contributed by atoms with van der Waals surface area (Å²) in [6.07, 6.45) is 1.45. The van der Waals surface area contributed by atoms with Gasteiger partial charge in [0, 0.05) is 23.0 Å². The number of hydrogen-bond acceptors (Lipinski definition) is 2. The van der Waals surface area contributed by atoms with E-state index >= 15 is 0 Å². The number of amides is 3. The summed E-state index contributed by atoms with van der Waals surface area (Å²) in [4.78, 5) is 29.0. The molecule has 4 nitrogen and oxygen atoms in total. The largest absolute Gasteiger partial charge is 0.332 e. The van der Waals surface area contributed by atoms with Crippen LogP contribution in [0.3, 0.4) is 0 Å². The average Bonchev–Trinajstić information content (AvgIpc) is 2.76. The predicted octanol–water partition coefficient (Wildman–Crippen LogP) is 3.50. The number of halogens is 2. The fourth-order valence-corrected chi connectivity index (χ4v) is 4.55. The SMILES string of the molecule is [B]c1ccc([C@@H]2CC[C@]23C(=O)N(c2cc(Cl)cc(Cl)c2)C(=O)N3C)cc1. The van der Waals surface area contributed by atoms with E-state index in [1.807, 2.05) is 24.3 Å². The molecule has 1 aliphatic carbocycles. The number of benzene rings is 2. The Morgan fingerprint density at radius 2 is 1.69 bits per heavy atom. The second-order valence-electron chi connectivity index (χ2n) is 6.79. The van der Waals surface area contributed by atoms with Crippen molar-refractivity contribution >= 4 is 54.1 Å². The Morgan fingerprint density at radius 3 is 2.23 bits per heavy atom. The van der Waals surface area contributed by atoms with E-state index in [-0.39, 0.29) is 17.9 Å². The molecule has 2 radical (unpaired) electrons. The first-order chi connectivity index (χ1) is 12.3. The minimum atomic E-state index is -0.873. The lowest BCUT2D eigenvalue weighted by atomic mass is 9.62. The molecule has 1 saturated carbocycles. The second kappa shape index (κ2) is 6.03. The Kier molecular flexibility index (Phi) is 4.05. The standard InChI is InChI=1S/C19H15BCl2N2O2/c1-23-18(26)24(15-9-13(21)8-14(22)10-15)17(25)19(23)7-6-16(19)11-2-4-12(20)5-3-11/h2-5,8-10,16H,6-7H2,1H3/t16-,19+/m0/s1. The minimum absolute atomic E-state index is 0.0655. The number of urea groups is 1. The fourth-order valence-electron chi connectivity index (χ4n) is 4.03. The van der Waals surface area contributed by atoms with Crippen LogP contribution in [-0.2, 0) is 4.79 Å². The summed E-state index contributed by atoms with van der Waals surface area (Å²) in [6, 6.07) is 11.8. The van der Waals surface area contributed by atoms with E-state index in [1.165, 1.54) is 4.90 Å². The first kappa shape index (κ1) is 17.4. The molecule has 26 heavy (non-hydrogen) atoms. The van der Waals surface area contributed by atoms with E-state index in [1.54, 1.807) is 30.1 Å². The van der Waals surface area contributed by atoms with Crippen molar-refractivity contribution in [1.82, 2.24) is 4.90 Å². The van der Waals surface area contributed by atoms with Crippen molar-refractivity contribution in [3.05, 3.63) is 58.1 Å². The summed E-state index contributed by atoms with van der Waals surface area (Å²) >= 11 is 12.1. The van der Waals surface area contributed by atoms with Crippen molar-refractivity contribution in [3.63, 3.8) is 0 Å². The maximum Gasteiger partial charge on any atom is 0.332 e. The van der Waals surface area contributed by atoms with Gasteiger partial charge in [0.2, 0.25) is 0 Å². The maximum atomic E-state index is 13.4. The van der Waals surface area contributed by atoms with E-state index in [9.17, 15) is 9.59 Å². The Balaban J connectivity index is 1.75. The normalized spacial score (nSPS) is 25.1. The Hall–Kier alpha value is -1.98. The van der Waals surface area contributed by atoms with Crippen LogP contribution in [0.4, 0.5) is 10.5 Å². The van der Waals surface area contributed by atoms with Gasteiger partial charge >= 0.3 is 6.03 Å². The zero-order chi connectivity index (χ0) is 18.6. The monoisotopic (exact) mass is 384 g/mol. The summed E-state index contributed by atoms with van der Waals surface area (Å²) < 4.78 is 0. The molecule has 2 fully saturated rings. The van der Waals surface area contributed by atoms with Crippen LogP contribution in [0.1, 0.15) is 24.3 Å². The van der Waals surface area contributed by atoms with Gasteiger partial charge in [-0.2, -0.15) is 0 Å². The van der Waals surface area contributed by atoms with Crippen LogP contribution < -0.4 is 10.4 Å². The molecule has 3 amide bonds. The number of carbonyl (C=O) groups excluding carboxylic acids is 2. The van der Waals surface area contributed by atoms with Gasteiger partial charge < -0.3 is 4.90 Å². The first-order valence-corrected chi connectivity index (χ1v) is 9.04. The quantitative estimate of drug-likeness (QED) is 0.587. The summed E-state index contributed by atoms with van der Waals surface area (Å²) in [5.74, 6) is -0.305. The average molecular weight is 385 g/mol. The van der Waals surface area contributed by atoms with Crippen LogP contribution in [0.15, 0.2) is 42.5 Å². The molecule has 1 aliphatic heterocycles. The third kappa shape index (κ3) is 2.38. The summed E-state index contributed by atoms with van der Waals surface area (Å²) in [6.45, 7) is 0. The van der Waals surface area contributed by atoms with Gasteiger partial charge in [-0.05, 0) is 36.6 Å². The van der Waals surface area contributed by atoms with Crippen molar-refractivity contribution in [1.29, 1.82) is 0 Å². The number of anilines is 1. The van der Waals surface area contributed by atoms with Gasteiger partial charge in [0.25, 0.3) is 5.91 Å². The van der Waals surface area contributed by atoms with Crippen LogP contribution in [0, 0.1) is 0 Å². The topological polar surface area (TPSA) is 40.6 Å². The van der Waals surface area contributed by atoms with E-state index in [4.69, 9.17) is 31.0 Å². The molecule has 2 aliphatic rings. The van der Waals surface area contributed by atoms with E-state index in [2.05, 4.69) is 0 Å². The lowest BCUT2D eigenvalue weighted by Crippen LogP contribution is -2.59. The Labute approximate surface area is 163 Å². The van der Waals surface area contributed by atoms with Crippen LogP contribution in [-0.4, -0.2) is 37.3 Å². The minimum Gasteiger partial charge on any atom is -0.312 e. The molecule has 4 rings (SSSR count). The van der Waals surface area contributed by atoms with Crippen molar-refractivity contribution in [3.8, 4) is 0 Å². The smallest absolute Gasteiger partial charge is 0.312 e. The molecule has 1 spiro atoms. The zero-order valence-corrected chi connectivity index (χ0v) is 15.6. The molecule has 2 aromatic rings. The highest BCUT2D eigenvalue weighted by molar-refractivity contribution is 6.36. The Bertz CT molecular complexity index is 898. The number of rotatable bonds is 2. The van der Waals surface area contributed by atoms with Gasteiger partial charge in [-0.3, -0.25) is 4.79 Å².